The van der Waals surface area contributed by atoms with Gasteiger partial charge in [0, 0.05) is 11.2 Å². The van der Waals surface area contributed by atoms with Crippen LogP contribution in [0.15, 0.2) is 36.1 Å². The van der Waals surface area contributed by atoms with Gasteiger partial charge in [-0.25, -0.2) is 0 Å². The average Bonchev–Trinajstić information content (AvgIpc) is 1.95. The molecule has 0 aromatic carbocycles. The first-order chi connectivity index (χ1) is 5.85. The van der Waals surface area contributed by atoms with E-state index in [4.69, 9.17) is 0 Å². The van der Waals surface area contributed by atoms with Crippen molar-refractivity contribution < 1.29 is 0 Å². The fourth-order valence-corrected chi connectivity index (χ4v) is 0.875. The van der Waals surface area contributed by atoms with Crippen molar-refractivity contribution in [2.75, 3.05) is 0 Å². The number of nitrogens with one attached hydrogen (secondary N) is 1. The van der Waals surface area contributed by atoms with Crippen molar-refractivity contribution in [3.05, 3.63) is 36.1 Å². The normalized spacial score (nSPS) is 13.5. The molecule has 0 bridgehead atoms. The van der Waals surface area contributed by atoms with E-state index in [1.807, 2.05) is 26.0 Å². The highest BCUT2D eigenvalue weighted by molar-refractivity contribution is 5.24. The van der Waals surface area contributed by atoms with Crippen LogP contribution in [0.1, 0.15) is 34.6 Å². The summed E-state index contributed by atoms with van der Waals surface area (Å²) in [6.07, 6.45) is 6.12. The Hall–Kier alpha value is -0.980. The van der Waals surface area contributed by atoms with Gasteiger partial charge in [-0.15, -0.1) is 0 Å². The molecule has 0 amide bonds. The fraction of sp³-hybridized carbons (Fsp3) is 0.500. The first-order valence-corrected chi connectivity index (χ1v) is 4.63. The maximum Gasteiger partial charge on any atom is 0.0300 e. The molecule has 0 fully saturated rings. The van der Waals surface area contributed by atoms with Gasteiger partial charge in [0.15, 0.2) is 0 Å². The zero-order valence-corrected chi connectivity index (χ0v) is 9.44. The van der Waals surface area contributed by atoms with Crippen molar-refractivity contribution in [2.24, 2.45) is 0 Å². The van der Waals surface area contributed by atoms with Crippen molar-refractivity contribution in [3.8, 4) is 0 Å². The third-order valence-corrected chi connectivity index (χ3v) is 1.38. The van der Waals surface area contributed by atoms with Gasteiger partial charge < -0.3 is 5.32 Å². The van der Waals surface area contributed by atoms with Gasteiger partial charge in [-0.3, -0.25) is 0 Å². The summed E-state index contributed by atoms with van der Waals surface area (Å²) in [5, 5.41) is 3.39. The summed E-state index contributed by atoms with van der Waals surface area (Å²) in [5.41, 5.74) is 2.31. The Morgan fingerprint density at radius 1 is 1.23 bits per heavy atom. The molecule has 0 unspecified atom stereocenters. The van der Waals surface area contributed by atoms with Crippen LogP contribution in [0.3, 0.4) is 0 Å². The zero-order valence-electron chi connectivity index (χ0n) is 9.44. The molecule has 0 saturated carbocycles. The summed E-state index contributed by atoms with van der Waals surface area (Å²) in [4.78, 5) is 0. The average molecular weight is 179 g/mol. The molecule has 0 spiro atoms. The molecule has 0 aliphatic carbocycles. The Bertz CT molecular complexity index is 226. The number of hydrogen-bond acceptors (Lipinski definition) is 1. The van der Waals surface area contributed by atoms with Gasteiger partial charge in [0.05, 0.1) is 0 Å². The Kier molecular flexibility index (Phi) is 4.53. The molecule has 0 aliphatic rings. The highest BCUT2D eigenvalue weighted by atomic mass is 15.0. The van der Waals surface area contributed by atoms with Crippen molar-refractivity contribution in [2.45, 2.75) is 40.2 Å². The molecule has 0 aliphatic heterocycles. The first kappa shape index (κ1) is 12.0. The highest BCUT2D eigenvalue weighted by Crippen LogP contribution is 2.05. The van der Waals surface area contributed by atoms with Gasteiger partial charge in [0.2, 0.25) is 0 Å². The molecule has 0 aromatic heterocycles. The maximum absolute atomic E-state index is 3.82. The summed E-state index contributed by atoms with van der Waals surface area (Å²) >= 11 is 0. The van der Waals surface area contributed by atoms with E-state index in [1.54, 1.807) is 0 Å². The molecule has 13 heavy (non-hydrogen) atoms. The van der Waals surface area contributed by atoms with E-state index in [-0.39, 0.29) is 5.54 Å². The SMILES string of the molecule is C=C(C)/C=C\C(=C/C)NC(C)(C)C. The number of allylic oxidation sites excluding steroid dienone is 4. The van der Waals surface area contributed by atoms with Crippen LogP contribution >= 0.6 is 0 Å². The first-order valence-electron chi connectivity index (χ1n) is 4.63. The third-order valence-electron chi connectivity index (χ3n) is 1.38. The van der Waals surface area contributed by atoms with Gasteiger partial charge in [-0.1, -0.05) is 24.3 Å². The van der Waals surface area contributed by atoms with Crippen molar-refractivity contribution in [3.63, 3.8) is 0 Å². The summed E-state index contributed by atoms with van der Waals surface area (Å²) in [6, 6.07) is 0. The second kappa shape index (κ2) is 4.90. The van der Waals surface area contributed by atoms with Gasteiger partial charge in [0.1, 0.15) is 0 Å². The lowest BCUT2D eigenvalue weighted by atomic mass is 10.1. The van der Waals surface area contributed by atoms with Crippen LogP contribution in [0.5, 0.6) is 0 Å². The molecule has 1 nitrogen and oxygen atoms in total. The van der Waals surface area contributed by atoms with Crippen LogP contribution in [-0.4, -0.2) is 5.54 Å². The van der Waals surface area contributed by atoms with Crippen LogP contribution in [-0.2, 0) is 0 Å². The van der Waals surface area contributed by atoms with E-state index in [0.29, 0.717) is 0 Å². The smallest absolute Gasteiger partial charge is 0.0300 e. The molecule has 74 valence electrons. The predicted octanol–water partition coefficient (Wildman–Crippen LogP) is 3.41. The minimum absolute atomic E-state index is 0.112. The van der Waals surface area contributed by atoms with E-state index in [1.165, 1.54) is 0 Å². The van der Waals surface area contributed by atoms with Crippen molar-refractivity contribution in [1.82, 2.24) is 5.32 Å². The van der Waals surface area contributed by atoms with Crippen LogP contribution in [0.4, 0.5) is 0 Å². The van der Waals surface area contributed by atoms with E-state index in [2.05, 4.69) is 38.7 Å². The third kappa shape index (κ3) is 7.38. The van der Waals surface area contributed by atoms with Crippen LogP contribution in [0, 0.1) is 0 Å². The Labute approximate surface area is 82.2 Å². The summed E-state index contributed by atoms with van der Waals surface area (Å²) in [7, 11) is 0. The van der Waals surface area contributed by atoms with Gasteiger partial charge in [0.25, 0.3) is 0 Å². The summed E-state index contributed by atoms with van der Waals surface area (Å²) in [5.74, 6) is 0. The molecule has 0 rings (SSSR count). The second-order valence-electron chi connectivity index (χ2n) is 4.30. The van der Waals surface area contributed by atoms with Crippen molar-refractivity contribution in [1.29, 1.82) is 0 Å². The standard InChI is InChI=1S/C12H21N/c1-7-11(9-8-10(2)3)13-12(4,5)6/h7-9,13H,2H2,1,3-6H3/b9-8-,11-7+. The van der Waals surface area contributed by atoms with E-state index in [0.717, 1.165) is 11.3 Å². The molecule has 0 atom stereocenters. The maximum atomic E-state index is 3.82. The zero-order chi connectivity index (χ0) is 10.5. The second-order valence-corrected chi connectivity index (χ2v) is 4.30. The topological polar surface area (TPSA) is 12.0 Å². The number of rotatable bonds is 3. The minimum Gasteiger partial charge on any atom is -0.381 e. The predicted molar refractivity (Wildman–Crippen MR) is 60.6 cm³/mol. The molecule has 1 heteroatoms. The Morgan fingerprint density at radius 3 is 2.08 bits per heavy atom. The van der Waals surface area contributed by atoms with Crippen LogP contribution < -0.4 is 5.32 Å². The van der Waals surface area contributed by atoms with Gasteiger partial charge >= 0.3 is 0 Å². The van der Waals surface area contributed by atoms with Crippen LogP contribution in [0.2, 0.25) is 0 Å². The Balaban J connectivity index is 4.31. The quantitative estimate of drug-likeness (QED) is 0.655. The van der Waals surface area contributed by atoms with Crippen molar-refractivity contribution >= 4 is 0 Å². The molecule has 0 radical (unpaired) electrons. The summed E-state index contributed by atoms with van der Waals surface area (Å²) < 4.78 is 0. The minimum atomic E-state index is 0.112. The lowest BCUT2D eigenvalue weighted by Gasteiger charge is -2.22. The molecular weight excluding hydrogens is 158 g/mol. The molecule has 0 heterocycles. The van der Waals surface area contributed by atoms with E-state index >= 15 is 0 Å². The highest BCUT2D eigenvalue weighted by Gasteiger charge is 2.08. The van der Waals surface area contributed by atoms with E-state index in [9.17, 15) is 0 Å². The van der Waals surface area contributed by atoms with Gasteiger partial charge in [-0.2, -0.15) is 0 Å². The molecule has 1 N–H and O–H groups in total. The van der Waals surface area contributed by atoms with Gasteiger partial charge in [-0.05, 0) is 40.7 Å². The van der Waals surface area contributed by atoms with E-state index < -0.39 is 0 Å². The molecule has 0 saturated heterocycles. The molecule has 0 aromatic rings. The molecular formula is C12H21N. The lowest BCUT2D eigenvalue weighted by Crippen LogP contribution is -2.34. The fourth-order valence-electron chi connectivity index (χ4n) is 0.875. The largest absolute Gasteiger partial charge is 0.381 e. The number of hydrogen-bond donors (Lipinski definition) is 1. The lowest BCUT2D eigenvalue weighted by molar-refractivity contribution is 0.479. The van der Waals surface area contributed by atoms with Crippen LogP contribution in [0.25, 0.3) is 0 Å². The summed E-state index contributed by atoms with van der Waals surface area (Å²) in [6.45, 7) is 14.3. The monoisotopic (exact) mass is 179 g/mol. The Morgan fingerprint density at radius 2 is 1.77 bits per heavy atom.